The van der Waals surface area contributed by atoms with Crippen molar-refractivity contribution in [3.8, 4) is 0 Å². The van der Waals surface area contributed by atoms with Gasteiger partial charge in [-0.1, -0.05) is 11.6 Å². The molecule has 3 heterocycles. The van der Waals surface area contributed by atoms with E-state index in [0.717, 1.165) is 38.8 Å². The maximum absolute atomic E-state index is 12.2. The van der Waals surface area contributed by atoms with Crippen LogP contribution in [0.25, 0.3) is 0 Å². The van der Waals surface area contributed by atoms with Crippen LogP contribution in [0.5, 0.6) is 0 Å². The molecule has 9 nitrogen and oxygen atoms in total. The maximum Gasteiger partial charge on any atom is 0.222 e. The fourth-order valence-electron chi connectivity index (χ4n) is 2.72. The normalized spacial score (nSPS) is 18.0. The molecule has 0 radical (unpaired) electrons. The van der Waals surface area contributed by atoms with Gasteiger partial charge in [0, 0.05) is 32.0 Å². The van der Waals surface area contributed by atoms with E-state index in [1.54, 1.807) is 11.0 Å². The number of likely N-dealkylation sites (tertiary alicyclic amines) is 1. The molecule has 2 aromatic rings. The number of aryl methyl sites for hydroxylation is 1. The Balaban J connectivity index is 1.32. The molecular weight excluding hydrogens is 286 g/mol. The monoisotopic (exact) mass is 305 g/mol. The molecule has 1 aliphatic rings. The molecule has 0 N–H and O–H groups in total. The molecule has 0 aromatic carbocycles. The van der Waals surface area contributed by atoms with Crippen LogP contribution in [0.1, 0.15) is 43.8 Å². The second kappa shape index (κ2) is 7.10. The number of nitrogens with zero attached hydrogens (tertiary/aromatic N) is 7. The van der Waals surface area contributed by atoms with E-state index in [2.05, 4.69) is 25.7 Å². The van der Waals surface area contributed by atoms with E-state index >= 15 is 0 Å². The molecule has 0 bridgehead atoms. The van der Waals surface area contributed by atoms with Gasteiger partial charge in [-0.05, 0) is 29.7 Å². The van der Waals surface area contributed by atoms with Crippen molar-refractivity contribution in [2.75, 3.05) is 13.1 Å². The zero-order chi connectivity index (χ0) is 15.2. The van der Waals surface area contributed by atoms with Crippen molar-refractivity contribution in [2.45, 2.75) is 44.6 Å². The summed E-state index contributed by atoms with van der Waals surface area (Å²) < 4.78 is 6.47. The Morgan fingerprint density at radius 1 is 1.36 bits per heavy atom. The van der Waals surface area contributed by atoms with Crippen molar-refractivity contribution in [1.82, 2.24) is 35.2 Å². The first-order valence-corrected chi connectivity index (χ1v) is 7.58. The summed E-state index contributed by atoms with van der Waals surface area (Å²) in [6.07, 6.45) is 7.30. The lowest BCUT2D eigenvalue weighted by atomic mass is 10.1. The van der Waals surface area contributed by atoms with E-state index in [0.29, 0.717) is 18.8 Å². The average Bonchev–Trinajstić information content (AvgIpc) is 3.26. The van der Waals surface area contributed by atoms with Crippen molar-refractivity contribution in [1.29, 1.82) is 0 Å². The number of carbonyl (C=O) groups is 1. The first kappa shape index (κ1) is 14.6. The molecule has 1 saturated heterocycles. The summed E-state index contributed by atoms with van der Waals surface area (Å²) in [5, 5.41) is 14.8. The molecule has 3 rings (SSSR count). The van der Waals surface area contributed by atoms with Gasteiger partial charge in [0.05, 0.1) is 0 Å². The molecule has 1 amide bonds. The zero-order valence-electron chi connectivity index (χ0n) is 12.3. The highest BCUT2D eigenvalue weighted by molar-refractivity contribution is 5.76. The van der Waals surface area contributed by atoms with Gasteiger partial charge in [-0.15, -0.1) is 5.10 Å². The highest BCUT2D eigenvalue weighted by Crippen LogP contribution is 2.25. The lowest BCUT2D eigenvalue weighted by Gasteiger charge is -2.15. The first-order valence-electron chi connectivity index (χ1n) is 7.58. The Hall–Kier alpha value is -2.32. The number of amides is 1. The van der Waals surface area contributed by atoms with Crippen molar-refractivity contribution < 1.29 is 9.32 Å². The molecule has 1 fully saturated rings. The van der Waals surface area contributed by atoms with Crippen LogP contribution in [-0.4, -0.2) is 54.2 Å². The topological polar surface area (TPSA) is 103 Å². The molecule has 1 aliphatic heterocycles. The number of tetrazole rings is 1. The van der Waals surface area contributed by atoms with Gasteiger partial charge in [0.1, 0.15) is 6.33 Å². The fourth-order valence-corrected chi connectivity index (χ4v) is 2.72. The van der Waals surface area contributed by atoms with Crippen LogP contribution >= 0.6 is 0 Å². The first-order chi connectivity index (χ1) is 10.8. The Labute approximate surface area is 127 Å². The van der Waals surface area contributed by atoms with E-state index in [1.165, 1.54) is 6.39 Å². The van der Waals surface area contributed by atoms with Crippen LogP contribution < -0.4 is 0 Å². The molecule has 0 saturated carbocycles. The molecule has 0 spiro atoms. The number of unbranched alkanes of at least 4 members (excludes halogenated alkanes) is 2. The third-order valence-corrected chi connectivity index (χ3v) is 3.95. The molecule has 2 aromatic heterocycles. The van der Waals surface area contributed by atoms with Crippen LogP contribution in [0.3, 0.4) is 0 Å². The summed E-state index contributed by atoms with van der Waals surface area (Å²) in [7, 11) is 0. The number of carbonyl (C=O) groups excluding carboxylic acids is 1. The van der Waals surface area contributed by atoms with E-state index in [1.807, 2.05) is 4.90 Å². The molecule has 1 atom stereocenters. The van der Waals surface area contributed by atoms with Gasteiger partial charge in [-0.25, -0.2) is 4.68 Å². The summed E-state index contributed by atoms with van der Waals surface area (Å²) in [6.45, 7) is 2.27. The van der Waals surface area contributed by atoms with Gasteiger partial charge in [-0.3, -0.25) is 4.79 Å². The van der Waals surface area contributed by atoms with E-state index in [9.17, 15) is 4.79 Å². The molecule has 0 aliphatic carbocycles. The van der Waals surface area contributed by atoms with Gasteiger partial charge in [-0.2, -0.15) is 4.98 Å². The molecule has 1 unspecified atom stereocenters. The Bertz CT molecular complexity index is 569. The standard InChI is InChI=1S/C13H19N7O2/c21-12(4-2-1-3-6-20-9-15-17-18-20)19-7-5-11(8-19)13-14-10-22-16-13/h9-11H,1-8H2. The SMILES string of the molecule is O=C(CCCCCn1cnnn1)N1CCC(c2ncon2)C1. The Kier molecular flexibility index (Phi) is 4.71. The van der Waals surface area contributed by atoms with Crippen molar-refractivity contribution in [3.05, 3.63) is 18.5 Å². The minimum atomic E-state index is 0.211. The van der Waals surface area contributed by atoms with Gasteiger partial charge in [0.25, 0.3) is 0 Å². The summed E-state index contributed by atoms with van der Waals surface area (Å²) in [4.78, 5) is 18.2. The number of hydrogen-bond acceptors (Lipinski definition) is 7. The minimum absolute atomic E-state index is 0.211. The minimum Gasteiger partial charge on any atom is -0.343 e. The van der Waals surface area contributed by atoms with Crippen LogP contribution in [0.15, 0.2) is 17.2 Å². The highest BCUT2D eigenvalue weighted by Gasteiger charge is 2.29. The number of aromatic nitrogens is 6. The van der Waals surface area contributed by atoms with Crippen molar-refractivity contribution in [2.24, 2.45) is 0 Å². The van der Waals surface area contributed by atoms with Crippen LogP contribution in [0, 0.1) is 0 Å². The second-order valence-corrected chi connectivity index (χ2v) is 5.50. The van der Waals surface area contributed by atoms with Gasteiger partial charge >= 0.3 is 0 Å². The van der Waals surface area contributed by atoms with Crippen molar-refractivity contribution in [3.63, 3.8) is 0 Å². The Morgan fingerprint density at radius 2 is 2.32 bits per heavy atom. The quantitative estimate of drug-likeness (QED) is 0.691. The molecular formula is C13H19N7O2. The highest BCUT2D eigenvalue weighted by atomic mass is 16.5. The van der Waals surface area contributed by atoms with Gasteiger partial charge in [0.2, 0.25) is 12.3 Å². The Morgan fingerprint density at radius 3 is 3.09 bits per heavy atom. The zero-order valence-corrected chi connectivity index (χ0v) is 12.3. The summed E-state index contributed by atoms with van der Waals surface area (Å²) >= 11 is 0. The van der Waals surface area contributed by atoms with Crippen LogP contribution in [0.4, 0.5) is 0 Å². The second-order valence-electron chi connectivity index (χ2n) is 5.50. The smallest absolute Gasteiger partial charge is 0.222 e. The third-order valence-electron chi connectivity index (χ3n) is 3.95. The summed E-state index contributed by atoms with van der Waals surface area (Å²) in [6, 6.07) is 0. The van der Waals surface area contributed by atoms with Gasteiger partial charge in [0.15, 0.2) is 5.82 Å². The molecule has 118 valence electrons. The number of rotatable bonds is 7. The third kappa shape index (κ3) is 3.66. The summed E-state index contributed by atoms with van der Waals surface area (Å²) in [5.74, 6) is 1.13. The fraction of sp³-hybridized carbons (Fsp3) is 0.692. The maximum atomic E-state index is 12.2. The molecule has 9 heteroatoms. The average molecular weight is 305 g/mol. The predicted octanol–water partition coefficient (Wildman–Crippen LogP) is 0.633. The van der Waals surface area contributed by atoms with E-state index in [4.69, 9.17) is 4.52 Å². The van der Waals surface area contributed by atoms with E-state index in [-0.39, 0.29) is 11.8 Å². The van der Waals surface area contributed by atoms with E-state index < -0.39 is 0 Å². The number of hydrogen-bond donors (Lipinski definition) is 0. The van der Waals surface area contributed by atoms with Crippen LogP contribution in [0.2, 0.25) is 0 Å². The van der Waals surface area contributed by atoms with Crippen LogP contribution in [-0.2, 0) is 11.3 Å². The molecule has 22 heavy (non-hydrogen) atoms. The van der Waals surface area contributed by atoms with Crippen molar-refractivity contribution >= 4 is 5.91 Å². The summed E-state index contributed by atoms with van der Waals surface area (Å²) in [5.41, 5.74) is 0. The lowest BCUT2D eigenvalue weighted by molar-refractivity contribution is -0.130. The predicted molar refractivity (Wildman–Crippen MR) is 74.5 cm³/mol. The lowest BCUT2D eigenvalue weighted by Crippen LogP contribution is -2.28. The van der Waals surface area contributed by atoms with Gasteiger partial charge < -0.3 is 9.42 Å². The largest absolute Gasteiger partial charge is 0.343 e.